The standard InChI is InChI=1S/C10H14N2O2/c11-4-6-7-8(6)10(14)12(9(7)13)5-2-1-3-5/h5-8H,1-4,11H2. The maximum atomic E-state index is 11.8. The molecule has 2 unspecified atom stereocenters. The van der Waals surface area contributed by atoms with Crippen molar-refractivity contribution in [3.8, 4) is 0 Å². The van der Waals surface area contributed by atoms with Crippen LogP contribution in [0.4, 0.5) is 0 Å². The highest BCUT2D eigenvalue weighted by Crippen LogP contribution is 2.54. The molecule has 3 fully saturated rings. The molecule has 2 amide bonds. The zero-order chi connectivity index (χ0) is 9.87. The van der Waals surface area contributed by atoms with Crippen LogP contribution < -0.4 is 5.73 Å². The van der Waals surface area contributed by atoms with E-state index in [2.05, 4.69) is 0 Å². The van der Waals surface area contributed by atoms with Gasteiger partial charge in [0, 0.05) is 6.04 Å². The van der Waals surface area contributed by atoms with E-state index in [0.29, 0.717) is 6.54 Å². The van der Waals surface area contributed by atoms with Crippen molar-refractivity contribution in [2.75, 3.05) is 6.54 Å². The molecule has 3 rings (SSSR count). The average Bonchev–Trinajstić information content (AvgIpc) is 2.76. The molecule has 1 heterocycles. The molecule has 2 aliphatic carbocycles. The number of fused-ring (bicyclic) bond motifs is 1. The Kier molecular flexibility index (Phi) is 1.54. The van der Waals surface area contributed by atoms with Crippen LogP contribution in [-0.4, -0.2) is 29.3 Å². The van der Waals surface area contributed by atoms with Gasteiger partial charge in [-0.1, -0.05) is 0 Å². The molecular weight excluding hydrogens is 180 g/mol. The lowest BCUT2D eigenvalue weighted by atomic mass is 9.91. The molecule has 1 aliphatic heterocycles. The highest BCUT2D eigenvalue weighted by Gasteiger charge is 2.67. The van der Waals surface area contributed by atoms with Crippen LogP contribution in [0.15, 0.2) is 0 Å². The van der Waals surface area contributed by atoms with Crippen LogP contribution in [0.1, 0.15) is 19.3 Å². The van der Waals surface area contributed by atoms with Crippen molar-refractivity contribution in [3.63, 3.8) is 0 Å². The van der Waals surface area contributed by atoms with Gasteiger partial charge in [-0.25, -0.2) is 0 Å². The summed E-state index contributed by atoms with van der Waals surface area (Å²) in [6, 6.07) is 0.223. The van der Waals surface area contributed by atoms with Gasteiger partial charge in [0.25, 0.3) is 0 Å². The molecule has 2 saturated carbocycles. The second-order valence-electron chi connectivity index (χ2n) is 4.58. The van der Waals surface area contributed by atoms with Gasteiger partial charge in [0.2, 0.25) is 11.8 Å². The second-order valence-corrected chi connectivity index (χ2v) is 4.58. The van der Waals surface area contributed by atoms with Gasteiger partial charge in [0.05, 0.1) is 11.8 Å². The molecule has 3 aliphatic rings. The molecule has 0 radical (unpaired) electrons. The van der Waals surface area contributed by atoms with E-state index in [0.717, 1.165) is 19.3 Å². The fraction of sp³-hybridized carbons (Fsp3) is 0.800. The summed E-state index contributed by atoms with van der Waals surface area (Å²) >= 11 is 0. The SMILES string of the molecule is NCC1C2C(=O)N(C3CCC3)C(=O)C12. The summed E-state index contributed by atoms with van der Waals surface area (Å²) in [5, 5.41) is 0. The van der Waals surface area contributed by atoms with Gasteiger partial charge in [-0.3, -0.25) is 14.5 Å². The lowest BCUT2D eigenvalue weighted by molar-refractivity contribution is -0.146. The Morgan fingerprint density at radius 2 is 1.79 bits per heavy atom. The van der Waals surface area contributed by atoms with Crippen molar-refractivity contribution in [1.82, 2.24) is 4.90 Å². The molecule has 76 valence electrons. The Morgan fingerprint density at radius 1 is 1.21 bits per heavy atom. The van der Waals surface area contributed by atoms with E-state index in [4.69, 9.17) is 5.73 Å². The molecule has 0 bridgehead atoms. The number of hydrogen-bond donors (Lipinski definition) is 1. The number of nitrogens with two attached hydrogens (primary N) is 1. The predicted octanol–water partition coefficient (Wildman–Crippen LogP) is -0.271. The van der Waals surface area contributed by atoms with Crippen LogP contribution in [0.25, 0.3) is 0 Å². The number of piperidine rings is 1. The Bertz CT molecular complexity index is 289. The Hall–Kier alpha value is -0.900. The van der Waals surface area contributed by atoms with Crippen molar-refractivity contribution in [2.45, 2.75) is 25.3 Å². The van der Waals surface area contributed by atoms with Gasteiger partial charge in [-0.15, -0.1) is 0 Å². The van der Waals surface area contributed by atoms with Crippen LogP contribution >= 0.6 is 0 Å². The summed E-state index contributed by atoms with van der Waals surface area (Å²) in [6.07, 6.45) is 3.16. The lowest BCUT2D eigenvalue weighted by Gasteiger charge is -2.34. The van der Waals surface area contributed by atoms with Gasteiger partial charge in [0.15, 0.2) is 0 Å². The van der Waals surface area contributed by atoms with E-state index in [9.17, 15) is 9.59 Å². The van der Waals surface area contributed by atoms with E-state index < -0.39 is 0 Å². The number of likely N-dealkylation sites (tertiary alicyclic amines) is 1. The fourth-order valence-corrected chi connectivity index (χ4v) is 2.78. The van der Waals surface area contributed by atoms with E-state index >= 15 is 0 Å². The smallest absolute Gasteiger partial charge is 0.233 e. The summed E-state index contributed by atoms with van der Waals surface area (Å²) in [5.74, 6) is 0.174. The first-order chi connectivity index (χ1) is 6.75. The maximum absolute atomic E-state index is 11.8. The van der Waals surface area contributed by atoms with E-state index in [1.54, 1.807) is 0 Å². The molecule has 2 atom stereocenters. The zero-order valence-corrected chi connectivity index (χ0v) is 7.98. The molecule has 14 heavy (non-hydrogen) atoms. The second kappa shape index (κ2) is 2.57. The third kappa shape index (κ3) is 0.823. The molecule has 2 N–H and O–H groups in total. The summed E-state index contributed by atoms with van der Waals surface area (Å²) in [5.41, 5.74) is 5.49. The number of imide groups is 1. The van der Waals surface area contributed by atoms with Crippen LogP contribution in [0.5, 0.6) is 0 Å². The van der Waals surface area contributed by atoms with E-state index in [-0.39, 0.29) is 35.6 Å². The molecule has 4 heteroatoms. The van der Waals surface area contributed by atoms with E-state index in [1.807, 2.05) is 0 Å². The number of carbonyl (C=O) groups excluding carboxylic acids is 2. The first-order valence-electron chi connectivity index (χ1n) is 5.32. The molecule has 0 aromatic carbocycles. The Labute approximate surface area is 82.4 Å². The molecular formula is C10H14N2O2. The topological polar surface area (TPSA) is 63.4 Å². The normalized spacial score (nSPS) is 41.2. The molecule has 0 aromatic heterocycles. The van der Waals surface area contributed by atoms with Crippen molar-refractivity contribution in [3.05, 3.63) is 0 Å². The summed E-state index contributed by atoms with van der Waals surface area (Å²) in [6.45, 7) is 0.478. The third-order valence-corrected chi connectivity index (χ3v) is 3.93. The van der Waals surface area contributed by atoms with Gasteiger partial charge >= 0.3 is 0 Å². The van der Waals surface area contributed by atoms with Crippen LogP contribution in [-0.2, 0) is 9.59 Å². The van der Waals surface area contributed by atoms with Gasteiger partial charge in [0.1, 0.15) is 0 Å². The van der Waals surface area contributed by atoms with Crippen molar-refractivity contribution in [1.29, 1.82) is 0 Å². The molecule has 1 saturated heterocycles. The lowest BCUT2D eigenvalue weighted by Crippen LogP contribution is -2.46. The minimum atomic E-state index is -0.0481. The largest absolute Gasteiger partial charge is 0.330 e. The number of nitrogens with zero attached hydrogens (tertiary/aromatic N) is 1. The van der Waals surface area contributed by atoms with Crippen LogP contribution in [0, 0.1) is 17.8 Å². The average molecular weight is 194 g/mol. The summed E-state index contributed by atoms with van der Waals surface area (Å²) in [7, 11) is 0. The van der Waals surface area contributed by atoms with Gasteiger partial charge in [-0.05, 0) is 31.7 Å². The summed E-state index contributed by atoms with van der Waals surface area (Å²) < 4.78 is 0. The van der Waals surface area contributed by atoms with E-state index in [1.165, 1.54) is 4.90 Å². The van der Waals surface area contributed by atoms with Crippen molar-refractivity contribution < 1.29 is 9.59 Å². The minimum absolute atomic E-state index is 0.0481. The van der Waals surface area contributed by atoms with Crippen molar-refractivity contribution in [2.24, 2.45) is 23.5 Å². The monoisotopic (exact) mass is 194 g/mol. The van der Waals surface area contributed by atoms with Crippen LogP contribution in [0.3, 0.4) is 0 Å². The number of hydrogen-bond acceptors (Lipinski definition) is 3. The highest BCUT2D eigenvalue weighted by molar-refractivity contribution is 6.09. The quantitative estimate of drug-likeness (QED) is 0.615. The Balaban J connectivity index is 1.79. The first kappa shape index (κ1) is 8.41. The third-order valence-electron chi connectivity index (χ3n) is 3.93. The zero-order valence-electron chi connectivity index (χ0n) is 7.98. The molecule has 0 spiro atoms. The molecule has 4 nitrogen and oxygen atoms in total. The van der Waals surface area contributed by atoms with Crippen molar-refractivity contribution >= 4 is 11.8 Å². The minimum Gasteiger partial charge on any atom is -0.330 e. The first-order valence-corrected chi connectivity index (χ1v) is 5.32. The number of carbonyl (C=O) groups is 2. The summed E-state index contributed by atoms with van der Waals surface area (Å²) in [4.78, 5) is 25.1. The maximum Gasteiger partial charge on any atom is 0.233 e. The Morgan fingerprint density at radius 3 is 2.14 bits per heavy atom. The van der Waals surface area contributed by atoms with Gasteiger partial charge in [-0.2, -0.15) is 0 Å². The number of rotatable bonds is 2. The van der Waals surface area contributed by atoms with Crippen LogP contribution in [0.2, 0.25) is 0 Å². The fourth-order valence-electron chi connectivity index (χ4n) is 2.78. The molecule has 0 aromatic rings. The predicted molar refractivity (Wildman–Crippen MR) is 49.0 cm³/mol. The number of amides is 2. The highest BCUT2D eigenvalue weighted by atomic mass is 16.2. The van der Waals surface area contributed by atoms with Gasteiger partial charge < -0.3 is 5.73 Å².